The maximum absolute atomic E-state index is 12.4. The number of aryl methyl sites for hydroxylation is 3. The van der Waals surface area contributed by atoms with Gasteiger partial charge in [0.25, 0.3) is 0 Å². The number of anilines is 3. The predicted octanol–water partition coefficient (Wildman–Crippen LogP) is 8.19. The summed E-state index contributed by atoms with van der Waals surface area (Å²) in [5, 5.41) is 6.73. The fourth-order valence-electron chi connectivity index (χ4n) is 4.07. The van der Waals surface area contributed by atoms with Gasteiger partial charge in [0.1, 0.15) is 5.70 Å². The van der Waals surface area contributed by atoms with Gasteiger partial charge in [-0.2, -0.15) is 26.3 Å². The molecule has 1 saturated carbocycles. The number of nitrogens with zero attached hydrogens (tertiary/aromatic N) is 2. The van der Waals surface area contributed by atoms with Crippen LogP contribution in [0, 0.1) is 26.7 Å². The zero-order chi connectivity index (χ0) is 28.5. The number of hydrogen-bond donors (Lipinski definition) is 2. The van der Waals surface area contributed by atoms with Crippen molar-refractivity contribution in [1.29, 1.82) is 0 Å². The highest BCUT2D eigenvalue weighted by molar-refractivity contribution is 5.76. The van der Waals surface area contributed by atoms with Crippen molar-refractivity contribution in [3.63, 3.8) is 0 Å². The van der Waals surface area contributed by atoms with E-state index in [0.717, 1.165) is 29.1 Å². The Morgan fingerprint density at radius 2 is 1.61 bits per heavy atom. The number of halogens is 6. The third kappa shape index (κ3) is 10.8. The van der Waals surface area contributed by atoms with Crippen molar-refractivity contribution in [2.45, 2.75) is 52.4 Å². The highest BCUT2D eigenvalue weighted by Gasteiger charge is 2.34. The van der Waals surface area contributed by atoms with Gasteiger partial charge >= 0.3 is 12.4 Å². The number of rotatable bonds is 10. The molecule has 0 aromatic heterocycles. The third-order valence-corrected chi connectivity index (χ3v) is 6.09. The molecule has 2 N–H and O–H groups in total. The second-order valence-corrected chi connectivity index (χ2v) is 9.52. The molecule has 210 valence electrons. The number of para-hydroxylation sites is 2. The minimum absolute atomic E-state index is 0.128. The van der Waals surface area contributed by atoms with Crippen molar-refractivity contribution < 1.29 is 26.3 Å². The molecular weight excluding hydrogens is 506 g/mol. The highest BCUT2D eigenvalue weighted by Crippen LogP contribution is 2.33. The molecular formula is C28H36F6N4. The molecule has 0 unspecified atom stereocenters. The van der Waals surface area contributed by atoms with Gasteiger partial charge in [-0.15, -0.1) is 0 Å². The van der Waals surface area contributed by atoms with Crippen molar-refractivity contribution in [2.75, 3.05) is 37.3 Å². The topological polar surface area (TPSA) is 39.7 Å². The van der Waals surface area contributed by atoms with Crippen LogP contribution in [-0.4, -0.2) is 50.7 Å². The molecule has 10 heteroatoms. The van der Waals surface area contributed by atoms with Crippen LogP contribution in [0.1, 0.15) is 36.0 Å². The summed E-state index contributed by atoms with van der Waals surface area (Å²) >= 11 is 0. The second kappa shape index (κ2) is 13.7. The molecule has 0 radical (unpaired) electrons. The first-order valence-electron chi connectivity index (χ1n) is 12.4. The standard InChI is InChI=1S/C16H20N2.C12H16F6N2/c1-11-9-12(2)16(13(3)10-11)18-15-8-6-5-7-14(15)17-4;1-19-10(12(16,17)18)5-7-20(8-11(13,14)15)6-4-9-2-3-9/h5-10,17-18H,1-4H3;5,9H,1-4,6-8H2/b;10-5+. The number of benzene rings is 2. The van der Waals surface area contributed by atoms with E-state index >= 15 is 0 Å². The van der Waals surface area contributed by atoms with Crippen molar-refractivity contribution in [1.82, 2.24) is 4.90 Å². The minimum Gasteiger partial charge on any atom is -0.386 e. The van der Waals surface area contributed by atoms with Crippen LogP contribution in [0.25, 0.3) is 0 Å². The summed E-state index contributed by atoms with van der Waals surface area (Å²) in [6.45, 7) is 7.66. The molecule has 3 rings (SSSR count). The van der Waals surface area contributed by atoms with E-state index in [2.05, 4.69) is 67.4 Å². The molecule has 38 heavy (non-hydrogen) atoms. The summed E-state index contributed by atoms with van der Waals surface area (Å²) in [4.78, 5) is 3.77. The molecule has 0 saturated heterocycles. The van der Waals surface area contributed by atoms with Gasteiger partial charge in [0.2, 0.25) is 0 Å². The van der Waals surface area contributed by atoms with Crippen LogP contribution in [0.15, 0.2) is 53.2 Å². The Morgan fingerprint density at radius 1 is 1.03 bits per heavy atom. The second-order valence-electron chi connectivity index (χ2n) is 9.52. The molecule has 0 aliphatic heterocycles. The van der Waals surface area contributed by atoms with E-state index in [1.807, 2.05) is 19.2 Å². The Balaban J connectivity index is 0.000000268. The Morgan fingerprint density at radius 3 is 2.08 bits per heavy atom. The first-order valence-corrected chi connectivity index (χ1v) is 12.4. The Hall–Kier alpha value is -3.01. The maximum Gasteiger partial charge on any atom is 0.433 e. The number of aliphatic imine (C=N–C) groups is 1. The van der Waals surface area contributed by atoms with E-state index in [1.165, 1.54) is 22.4 Å². The van der Waals surface area contributed by atoms with Crippen molar-refractivity contribution in [3.05, 3.63) is 64.9 Å². The smallest absolute Gasteiger partial charge is 0.386 e. The molecule has 1 aliphatic rings. The fraction of sp³-hybridized carbons (Fsp3) is 0.464. The lowest BCUT2D eigenvalue weighted by Gasteiger charge is -2.22. The number of alkyl halides is 6. The van der Waals surface area contributed by atoms with Crippen molar-refractivity contribution in [2.24, 2.45) is 10.9 Å². The largest absolute Gasteiger partial charge is 0.433 e. The predicted molar refractivity (Wildman–Crippen MR) is 143 cm³/mol. The summed E-state index contributed by atoms with van der Waals surface area (Å²) < 4.78 is 74.3. The Bertz CT molecular complexity index is 1060. The van der Waals surface area contributed by atoms with Crippen LogP contribution in [0.3, 0.4) is 0 Å². The summed E-state index contributed by atoms with van der Waals surface area (Å²) in [6.07, 6.45) is -5.94. The van der Waals surface area contributed by atoms with E-state index in [4.69, 9.17) is 0 Å². The SMILES string of the molecule is C=N/C(=C/CN(CCC1CC1)CC(F)(F)F)C(F)(F)F.CNc1ccccc1Nc1c(C)cc(C)cc1C. The van der Waals surface area contributed by atoms with Gasteiger partial charge in [-0.25, -0.2) is 0 Å². The zero-order valence-corrected chi connectivity index (χ0v) is 22.2. The fourth-order valence-corrected chi connectivity index (χ4v) is 4.07. The third-order valence-electron chi connectivity index (χ3n) is 6.09. The molecule has 0 amide bonds. The molecule has 0 atom stereocenters. The van der Waals surface area contributed by atoms with E-state index in [-0.39, 0.29) is 6.54 Å². The maximum atomic E-state index is 12.4. The zero-order valence-electron chi connectivity index (χ0n) is 22.2. The van der Waals surface area contributed by atoms with Gasteiger partial charge in [0.05, 0.1) is 17.9 Å². The molecule has 0 spiro atoms. The summed E-state index contributed by atoms with van der Waals surface area (Å²) in [5.74, 6) is 0.411. The Labute approximate surface area is 220 Å². The summed E-state index contributed by atoms with van der Waals surface area (Å²) in [5.41, 5.74) is 6.01. The lowest BCUT2D eigenvalue weighted by Crippen LogP contribution is -2.35. The van der Waals surface area contributed by atoms with Crippen LogP contribution in [0.5, 0.6) is 0 Å². The quantitative estimate of drug-likeness (QED) is 0.235. The van der Waals surface area contributed by atoms with Gasteiger partial charge in [0.15, 0.2) is 0 Å². The van der Waals surface area contributed by atoms with Crippen LogP contribution < -0.4 is 10.6 Å². The van der Waals surface area contributed by atoms with Crippen LogP contribution in [0.2, 0.25) is 0 Å². The van der Waals surface area contributed by atoms with Crippen LogP contribution >= 0.6 is 0 Å². The lowest BCUT2D eigenvalue weighted by molar-refractivity contribution is -0.145. The molecule has 0 bridgehead atoms. The summed E-state index contributed by atoms with van der Waals surface area (Å²) in [6, 6.07) is 12.6. The molecule has 1 fully saturated rings. The molecule has 2 aromatic rings. The molecule has 0 heterocycles. The molecule has 2 aromatic carbocycles. The van der Waals surface area contributed by atoms with E-state index in [9.17, 15) is 26.3 Å². The van der Waals surface area contributed by atoms with Gasteiger partial charge in [0, 0.05) is 19.3 Å². The van der Waals surface area contributed by atoms with Gasteiger partial charge in [-0.3, -0.25) is 9.89 Å². The van der Waals surface area contributed by atoms with Crippen LogP contribution in [0.4, 0.5) is 43.4 Å². The van der Waals surface area contributed by atoms with E-state index in [0.29, 0.717) is 18.4 Å². The number of nitrogens with one attached hydrogen (secondary N) is 2. The first-order chi connectivity index (χ1) is 17.7. The number of allylic oxidation sites excluding steroid dienone is 1. The first kappa shape index (κ1) is 31.2. The normalized spacial score (nSPS) is 14.1. The minimum atomic E-state index is -4.69. The highest BCUT2D eigenvalue weighted by atomic mass is 19.4. The van der Waals surface area contributed by atoms with Crippen molar-refractivity contribution >= 4 is 23.8 Å². The van der Waals surface area contributed by atoms with Gasteiger partial charge < -0.3 is 10.6 Å². The average molecular weight is 543 g/mol. The van der Waals surface area contributed by atoms with Gasteiger partial charge in [-0.1, -0.05) is 42.7 Å². The van der Waals surface area contributed by atoms with Gasteiger partial charge in [-0.05, 0) is 75.7 Å². The lowest BCUT2D eigenvalue weighted by atomic mass is 10.0. The monoisotopic (exact) mass is 542 g/mol. The van der Waals surface area contributed by atoms with E-state index < -0.39 is 31.1 Å². The molecule has 4 nitrogen and oxygen atoms in total. The van der Waals surface area contributed by atoms with Crippen molar-refractivity contribution in [3.8, 4) is 0 Å². The summed E-state index contributed by atoms with van der Waals surface area (Å²) in [7, 11) is 1.94. The average Bonchev–Trinajstić information content (AvgIpc) is 3.63. The molecule has 1 aliphatic carbocycles. The van der Waals surface area contributed by atoms with E-state index in [1.54, 1.807) is 0 Å². The van der Waals surface area contributed by atoms with Crippen LogP contribution in [-0.2, 0) is 0 Å². The number of hydrogen-bond acceptors (Lipinski definition) is 4. The Kier molecular flexibility index (Phi) is 11.2.